The molecular weight excluding hydrogens is 238 g/mol. The number of carboxylic acids is 1. The Morgan fingerprint density at radius 2 is 2.53 bits per heavy atom. The molecule has 1 aliphatic heterocycles. The minimum Gasteiger partial charge on any atom is -0.480 e. The minimum atomic E-state index is -0.882. The first-order chi connectivity index (χ1) is 8.11. The Labute approximate surface area is 104 Å². The molecule has 2 N–H and O–H groups in total. The number of hydrogen-bond donors (Lipinski definition) is 2. The quantitative estimate of drug-likeness (QED) is 0.837. The van der Waals surface area contributed by atoms with Gasteiger partial charge in [0.1, 0.15) is 6.04 Å². The molecule has 2 rings (SSSR count). The number of thiazole rings is 1. The average molecular weight is 255 g/mol. The van der Waals surface area contributed by atoms with Gasteiger partial charge < -0.3 is 15.3 Å². The Morgan fingerprint density at radius 1 is 1.76 bits per heavy atom. The molecule has 1 aromatic heterocycles. The summed E-state index contributed by atoms with van der Waals surface area (Å²) in [5.41, 5.74) is 0.620. The molecule has 6 heteroatoms. The number of likely N-dealkylation sites (tertiary alicyclic amines) is 1. The molecule has 17 heavy (non-hydrogen) atoms. The van der Waals surface area contributed by atoms with E-state index in [0.29, 0.717) is 11.6 Å². The van der Waals surface area contributed by atoms with Gasteiger partial charge in [0.05, 0.1) is 10.7 Å². The van der Waals surface area contributed by atoms with Gasteiger partial charge in [-0.15, -0.1) is 11.3 Å². The van der Waals surface area contributed by atoms with Crippen molar-refractivity contribution in [3.63, 3.8) is 0 Å². The molecule has 94 valence electrons. The Hall–Kier alpha value is -0.980. The summed E-state index contributed by atoms with van der Waals surface area (Å²) in [6.45, 7) is 2.11. The van der Waals surface area contributed by atoms with E-state index < -0.39 is 12.0 Å². The van der Waals surface area contributed by atoms with E-state index in [4.69, 9.17) is 5.11 Å². The van der Waals surface area contributed by atoms with Gasteiger partial charge in [0.25, 0.3) is 0 Å². The van der Waals surface area contributed by atoms with Gasteiger partial charge in [-0.1, -0.05) is 0 Å². The van der Waals surface area contributed by atoms with E-state index in [9.17, 15) is 4.79 Å². The molecule has 1 aliphatic rings. The maximum absolute atomic E-state index is 11.0. The molecule has 2 unspecified atom stereocenters. The van der Waals surface area contributed by atoms with Crippen molar-refractivity contribution in [1.82, 2.24) is 15.2 Å². The fourth-order valence-corrected chi connectivity index (χ4v) is 3.13. The molecule has 1 fully saturated rings. The molecule has 0 radical (unpaired) electrons. The first-order valence-electron chi connectivity index (χ1n) is 5.65. The van der Waals surface area contributed by atoms with E-state index >= 15 is 0 Å². The summed E-state index contributed by atoms with van der Waals surface area (Å²) < 4.78 is 0. The summed E-state index contributed by atoms with van der Waals surface area (Å²) in [6, 6.07) is -0.695. The highest BCUT2D eigenvalue weighted by Gasteiger charge is 2.26. The maximum atomic E-state index is 11.0. The number of nitrogens with zero attached hydrogens (tertiary/aromatic N) is 2. The lowest BCUT2D eigenvalue weighted by Gasteiger charge is -2.08. The smallest absolute Gasteiger partial charge is 0.327 e. The topological polar surface area (TPSA) is 65.5 Å². The third kappa shape index (κ3) is 2.65. The first-order valence-corrected chi connectivity index (χ1v) is 6.53. The van der Waals surface area contributed by atoms with Crippen LogP contribution in [0.4, 0.5) is 0 Å². The Kier molecular flexibility index (Phi) is 3.76. The van der Waals surface area contributed by atoms with Crippen LogP contribution in [0.15, 0.2) is 5.38 Å². The van der Waals surface area contributed by atoms with Gasteiger partial charge in [-0.25, -0.2) is 4.98 Å². The van der Waals surface area contributed by atoms with E-state index in [0.717, 1.165) is 24.5 Å². The maximum Gasteiger partial charge on any atom is 0.327 e. The highest BCUT2D eigenvalue weighted by atomic mass is 32.1. The van der Waals surface area contributed by atoms with Crippen molar-refractivity contribution in [2.45, 2.75) is 18.4 Å². The van der Waals surface area contributed by atoms with Crippen molar-refractivity contribution in [1.29, 1.82) is 0 Å². The molecule has 1 saturated heterocycles. The van der Waals surface area contributed by atoms with E-state index in [1.165, 1.54) is 0 Å². The van der Waals surface area contributed by atoms with Crippen LogP contribution in [0, 0.1) is 0 Å². The molecule has 0 spiro atoms. The van der Waals surface area contributed by atoms with Crippen molar-refractivity contribution in [3.8, 4) is 0 Å². The molecule has 2 heterocycles. The number of hydrogen-bond acceptors (Lipinski definition) is 5. The fourth-order valence-electron chi connectivity index (χ4n) is 2.16. The van der Waals surface area contributed by atoms with Crippen molar-refractivity contribution >= 4 is 17.3 Å². The predicted molar refractivity (Wildman–Crippen MR) is 66.4 cm³/mol. The monoisotopic (exact) mass is 255 g/mol. The van der Waals surface area contributed by atoms with Crippen LogP contribution in [0.1, 0.15) is 29.1 Å². The number of likely N-dealkylation sites (N-methyl/N-ethyl adjacent to an activating group) is 2. The summed E-state index contributed by atoms with van der Waals surface area (Å²) in [6.07, 6.45) is 1.11. The molecule has 0 aromatic carbocycles. The molecule has 0 aliphatic carbocycles. The van der Waals surface area contributed by atoms with Crippen LogP contribution >= 0.6 is 11.3 Å². The molecule has 0 amide bonds. The first kappa shape index (κ1) is 12.5. The lowest BCUT2D eigenvalue weighted by atomic mass is 10.1. The lowest BCUT2D eigenvalue weighted by molar-refractivity contribution is -0.139. The van der Waals surface area contributed by atoms with Gasteiger partial charge in [-0.2, -0.15) is 0 Å². The Bertz CT molecular complexity index is 407. The van der Waals surface area contributed by atoms with Crippen LogP contribution in [0.25, 0.3) is 0 Å². The fraction of sp³-hybridized carbons (Fsp3) is 0.636. The normalized spacial score (nSPS) is 22.8. The zero-order chi connectivity index (χ0) is 12.4. The molecule has 2 atom stereocenters. The second kappa shape index (κ2) is 5.12. The second-order valence-electron chi connectivity index (χ2n) is 4.42. The van der Waals surface area contributed by atoms with Gasteiger partial charge in [0.2, 0.25) is 0 Å². The molecular formula is C11H17N3O2S. The van der Waals surface area contributed by atoms with Crippen LogP contribution < -0.4 is 5.32 Å². The van der Waals surface area contributed by atoms with E-state index in [-0.39, 0.29) is 0 Å². The zero-order valence-electron chi connectivity index (χ0n) is 10.0. The molecule has 0 bridgehead atoms. The number of nitrogens with one attached hydrogen (secondary N) is 1. The highest BCUT2D eigenvalue weighted by Crippen LogP contribution is 2.30. The third-order valence-corrected chi connectivity index (χ3v) is 4.14. The Morgan fingerprint density at radius 3 is 3.06 bits per heavy atom. The lowest BCUT2D eigenvalue weighted by Crippen LogP contribution is -2.25. The van der Waals surface area contributed by atoms with Gasteiger partial charge in [-0.3, -0.25) is 4.79 Å². The third-order valence-electron chi connectivity index (χ3n) is 3.11. The summed E-state index contributed by atoms with van der Waals surface area (Å²) in [4.78, 5) is 17.8. The van der Waals surface area contributed by atoms with Crippen LogP contribution in [0.3, 0.4) is 0 Å². The van der Waals surface area contributed by atoms with Crippen molar-refractivity contribution < 1.29 is 9.90 Å². The minimum absolute atomic E-state index is 0.463. The van der Waals surface area contributed by atoms with E-state index in [1.54, 1.807) is 18.4 Å². The van der Waals surface area contributed by atoms with Crippen LogP contribution in [0.2, 0.25) is 0 Å². The number of aliphatic carboxylic acids is 1. The predicted octanol–water partition coefficient (Wildman–Crippen LogP) is 0.907. The van der Waals surface area contributed by atoms with Gasteiger partial charge in [-0.05, 0) is 27.1 Å². The van der Waals surface area contributed by atoms with Crippen molar-refractivity contribution in [2.24, 2.45) is 0 Å². The van der Waals surface area contributed by atoms with E-state index in [1.807, 2.05) is 5.38 Å². The molecule has 1 aromatic rings. The summed E-state index contributed by atoms with van der Waals surface area (Å²) >= 11 is 1.57. The number of rotatable bonds is 4. The van der Waals surface area contributed by atoms with Crippen LogP contribution in [-0.4, -0.2) is 48.1 Å². The summed E-state index contributed by atoms with van der Waals surface area (Å²) in [5.74, 6) is -0.419. The largest absolute Gasteiger partial charge is 0.480 e. The number of carbonyl (C=O) groups is 1. The van der Waals surface area contributed by atoms with E-state index in [2.05, 4.69) is 22.2 Å². The summed E-state index contributed by atoms with van der Waals surface area (Å²) in [7, 11) is 3.74. The number of aromatic nitrogens is 1. The second-order valence-corrected chi connectivity index (χ2v) is 5.31. The molecule has 5 nitrogen and oxygen atoms in total. The molecule has 0 saturated carbocycles. The highest BCUT2D eigenvalue weighted by molar-refractivity contribution is 7.09. The standard InChI is InChI=1S/C11H17N3O2S/c1-12-9(11(15)16)8-6-17-10(13-8)7-3-4-14(2)5-7/h6-7,9,12H,3-5H2,1-2H3,(H,15,16). The van der Waals surface area contributed by atoms with Gasteiger partial charge in [0, 0.05) is 17.8 Å². The van der Waals surface area contributed by atoms with Gasteiger partial charge >= 0.3 is 5.97 Å². The zero-order valence-corrected chi connectivity index (χ0v) is 10.8. The Balaban J connectivity index is 2.12. The van der Waals surface area contributed by atoms with Gasteiger partial charge in [0.15, 0.2) is 0 Å². The number of carboxylic acid groups (broad SMARTS) is 1. The van der Waals surface area contributed by atoms with Crippen LogP contribution in [0.5, 0.6) is 0 Å². The SMILES string of the molecule is CNC(C(=O)O)c1csc(C2CCN(C)C2)n1. The van der Waals surface area contributed by atoms with Crippen molar-refractivity contribution in [2.75, 3.05) is 27.2 Å². The van der Waals surface area contributed by atoms with Crippen molar-refractivity contribution in [3.05, 3.63) is 16.1 Å². The average Bonchev–Trinajstić information content (AvgIpc) is 2.87. The van der Waals surface area contributed by atoms with Crippen LogP contribution in [-0.2, 0) is 4.79 Å². The summed E-state index contributed by atoms with van der Waals surface area (Å²) in [5, 5.41) is 14.7.